The van der Waals surface area contributed by atoms with Crippen molar-refractivity contribution in [1.82, 2.24) is 5.32 Å². The van der Waals surface area contributed by atoms with Crippen molar-refractivity contribution < 1.29 is 14.3 Å². The Morgan fingerprint density at radius 2 is 2.10 bits per heavy atom. The van der Waals surface area contributed by atoms with Crippen LogP contribution in [0.15, 0.2) is 35.5 Å². The number of ketones is 1. The highest BCUT2D eigenvalue weighted by atomic mass is 16.5. The third kappa shape index (κ3) is 4.24. The van der Waals surface area contributed by atoms with Crippen molar-refractivity contribution in [3.8, 4) is 0 Å². The molecule has 2 N–H and O–H groups in total. The van der Waals surface area contributed by atoms with Crippen LogP contribution in [0.5, 0.6) is 0 Å². The zero-order valence-corrected chi connectivity index (χ0v) is 18.3. The fraction of sp³-hybridized carbons (Fsp3) is 0.583. The predicted octanol–water partition coefficient (Wildman–Crippen LogP) is 3.64. The van der Waals surface area contributed by atoms with E-state index in [-0.39, 0.29) is 35.8 Å². The molecule has 2 atom stereocenters. The van der Waals surface area contributed by atoms with Gasteiger partial charge in [-0.25, -0.2) is 0 Å². The van der Waals surface area contributed by atoms with Crippen molar-refractivity contribution in [1.29, 1.82) is 0 Å². The number of fused-ring (bicyclic) bond motifs is 1. The molecule has 1 fully saturated rings. The fourth-order valence-electron chi connectivity index (χ4n) is 5.01. The lowest BCUT2D eigenvalue weighted by molar-refractivity contribution is -0.121. The van der Waals surface area contributed by atoms with Crippen LogP contribution in [0.25, 0.3) is 0 Å². The molecule has 6 heteroatoms. The number of ether oxygens (including phenoxy) is 1. The smallest absolute Gasteiger partial charge is 0.239 e. The van der Waals surface area contributed by atoms with Crippen molar-refractivity contribution in [3.05, 3.63) is 35.5 Å². The summed E-state index contributed by atoms with van der Waals surface area (Å²) in [5, 5.41) is 6.59. The molecule has 0 radical (unpaired) electrons. The highest BCUT2D eigenvalue weighted by molar-refractivity contribution is 6.01. The summed E-state index contributed by atoms with van der Waals surface area (Å²) >= 11 is 0. The van der Waals surface area contributed by atoms with Crippen molar-refractivity contribution in [3.63, 3.8) is 0 Å². The predicted molar refractivity (Wildman–Crippen MR) is 119 cm³/mol. The molecule has 3 aliphatic rings. The van der Waals surface area contributed by atoms with Crippen LogP contribution in [0.1, 0.15) is 52.9 Å². The van der Waals surface area contributed by atoms with E-state index in [0.29, 0.717) is 13.0 Å². The quantitative estimate of drug-likeness (QED) is 0.774. The number of carbonyl (C=O) groups excluding carboxylic acids is 2. The van der Waals surface area contributed by atoms with Gasteiger partial charge in [0.15, 0.2) is 5.78 Å². The summed E-state index contributed by atoms with van der Waals surface area (Å²) in [6.45, 7) is 7.92. The Hall–Kier alpha value is -2.34. The first-order valence-corrected chi connectivity index (χ1v) is 11.1. The Bertz CT molecular complexity index is 855. The first-order valence-electron chi connectivity index (χ1n) is 11.1. The van der Waals surface area contributed by atoms with E-state index >= 15 is 0 Å². The lowest BCUT2D eigenvalue weighted by Gasteiger charge is -2.37. The van der Waals surface area contributed by atoms with E-state index in [1.807, 2.05) is 24.3 Å². The third-order valence-electron chi connectivity index (χ3n) is 6.38. The van der Waals surface area contributed by atoms with Gasteiger partial charge in [-0.1, -0.05) is 32.9 Å². The number of hydrogen-bond donors (Lipinski definition) is 2. The molecule has 2 aliphatic heterocycles. The summed E-state index contributed by atoms with van der Waals surface area (Å²) in [5.74, 6) is 0.157. The molecule has 0 spiro atoms. The number of anilines is 2. The lowest BCUT2D eigenvalue weighted by Crippen LogP contribution is -2.47. The minimum atomic E-state index is -0.117. The highest BCUT2D eigenvalue weighted by Gasteiger charge is 2.40. The number of benzene rings is 1. The lowest BCUT2D eigenvalue weighted by atomic mass is 9.74. The monoisotopic (exact) mass is 411 g/mol. The summed E-state index contributed by atoms with van der Waals surface area (Å²) < 4.78 is 5.63. The Morgan fingerprint density at radius 1 is 1.30 bits per heavy atom. The second kappa shape index (κ2) is 8.42. The van der Waals surface area contributed by atoms with Crippen molar-refractivity contribution in [2.45, 2.75) is 65.0 Å². The molecule has 1 aliphatic carbocycles. The number of nitrogens with zero attached hydrogens (tertiary/aromatic N) is 1. The Balaban J connectivity index is 1.63. The number of hydrogen-bond acceptors (Lipinski definition) is 5. The molecule has 1 amide bonds. The zero-order chi connectivity index (χ0) is 21.3. The average molecular weight is 412 g/mol. The van der Waals surface area contributed by atoms with E-state index in [2.05, 4.69) is 36.3 Å². The standard InChI is InChI=1S/C24H33N3O3/c1-4-19-23-18(12-24(2,3)13-21(23)28)26-17-9-5-6-10-20(17)27(19)15-22(29)25-14-16-8-7-11-30-16/h5-6,9-10,16,19,26H,4,7-8,11-15H2,1-3H3,(H,25,29). The van der Waals surface area contributed by atoms with Crippen LogP contribution >= 0.6 is 0 Å². The van der Waals surface area contributed by atoms with Gasteiger partial charge in [0.1, 0.15) is 0 Å². The van der Waals surface area contributed by atoms with Gasteiger partial charge in [-0.3, -0.25) is 9.59 Å². The number of nitrogens with one attached hydrogen (secondary N) is 2. The summed E-state index contributed by atoms with van der Waals surface area (Å²) in [5.41, 5.74) is 3.72. The van der Waals surface area contributed by atoms with Crippen LogP contribution in [0.2, 0.25) is 0 Å². The molecule has 0 saturated carbocycles. The number of carbonyl (C=O) groups is 2. The van der Waals surface area contributed by atoms with Gasteiger partial charge in [0.05, 0.1) is 30.1 Å². The van der Waals surface area contributed by atoms with Crippen LogP contribution < -0.4 is 15.5 Å². The van der Waals surface area contributed by atoms with E-state index in [4.69, 9.17) is 4.74 Å². The summed E-state index contributed by atoms with van der Waals surface area (Å²) in [6, 6.07) is 7.92. The van der Waals surface area contributed by atoms with Gasteiger partial charge < -0.3 is 20.3 Å². The van der Waals surface area contributed by atoms with Gasteiger partial charge in [0, 0.05) is 30.8 Å². The molecular formula is C24H33N3O3. The summed E-state index contributed by atoms with van der Waals surface area (Å²) in [7, 11) is 0. The molecule has 0 bridgehead atoms. The van der Waals surface area contributed by atoms with Gasteiger partial charge in [-0.15, -0.1) is 0 Å². The SMILES string of the molecule is CCC1C2=C(CC(C)(C)CC2=O)Nc2ccccc2N1CC(=O)NCC1CCCO1. The average Bonchev–Trinajstić information content (AvgIpc) is 3.17. The Kier molecular flexibility index (Phi) is 5.87. The summed E-state index contributed by atoms with van der Waals surface area (Å²) in [6.07, 6.45) is 4.30. The number of amides is 1. The van der Waals surface area contributed by atoms with E-state index < -0.39 is 0 Å². The minimum Gasteiger partial charge on any atom is -0.376 e. The Morgan fingerprint density at radius 3 is 2.83 bits per heavy atom. The van der Waals surface area contributed by atoms with E-state index in [1.54, 1.807) is 0 Å². The number of allylic oxidation sites excluding steroid dienone is 1. The van der Waals surface area contributed by atoms with Gasteiger partial charge in [-0.2, -0.15) is 0 Å². The number of rotatable bonds is 5. The molecule has 1 saturated heterocycles. The third-order valence-corrected chi connectivity index (χ3v) is 6.38. The molecule has 0 aromatic heterocycles. The van der Waals surface area contributed by atoms with E-state index in [9.17, 15) is 9.59 Å². The van der Waals surface area contributed by atoms with E-state index in [1.165, 1.54) is 0 Å². The van der Waals surface area contributed by atoms with Crippen molar-refractivity contribution in [2.75, 3.05) is 29.9 Å². The fourth-order valence-corrected chi connectivity index (χ4v) is 5.01. The van der Waals surface area contributed by atoms with Crippen molar-refractivity contribution >= 4 is 23.1 Å². The molecular weight excluding hydrogens is 378 g/mol. The van der Waals surface area contributed by atoms with Crippen LogP contribution in [-0.2, 0) is 14.3 Å². The van der Waals surface area contributed by atoms with Gasteiger partial charge >= 0.3 is 0 Å². The molecule has 1 aromatic rings. The zero-order valence-electron chi connectivity index (χ0n) is 18.3. The van der Waals surface area contributed by atoms with Gasteiger partial charge in [-0.05, 0) is 43.2 Å². The van der Waals surface area contributed by atoms with Gasteiger partial charge in [0.25, 0.3) is 0 Å². The maximum absolute atomic E-state index is 13.2. The van der Waals surface area contributed by atoms with Crippen molar-refractivity contribution in [2.24, 2.45) is 5.41 Å². The number of Topliss-reactive ketones (excluding diaryl/α,β-unsaturated/α-hetero) is 1. The Labute approximate surface area is 179 Å². The molecule has 162 valence electrons. The van der Waals surface area contributed by atoms with Gasteiger partial charge in [0.2, 0.25) is 5.91 Å². The van der Waals surface area contributed by atoms with Crippen LogP contribution in [0, 0.1) is 5.41 Å². The second-order valence-corrected chi connectivity index (χ2v) is 9.47. The first-order chi connectivity index (χ1) is 14.4. The van der Waals surface area contributed by atoms with E-state index in [0.717, 1.165) is 54.9 Å². The first kappa shape index (κ1) is 20.9. The van der Waals surface area contributed by atoms with Crippen LogP contribution in [-0.4, -0.2) is 43.5 Å². The summed E-state index contributed by atoms with van der Waals surface area (Å²) in [4.78, 5) is 28.2. The topological polar surface area (TPSA) is 70.7 Å². The molecule has 2 unspecified atom stereocenters. The minimum absolute atomic E-state index is 0.0357. The second-order valence-electron chi connectivity index (χ2n) is 9.47. The molecule has 4 rings (SSSR count). The normalized spacial score (nSPS) is 25.3. The van der Waals surface area contributed by atoms with Crippen LogP contribution in [0.3, 0.4) is 0 Å². The highest BCUT2D eigenvalue weighted by Crippen LogP contribution is 2.44. The maximum Gasteiger partial charge on any atom is 0.239 e. The molecule has 6 nitrogen and oxygen atoms in total. The molecule has 30 heavy (non-hydrogen) atoms. The largest absolute Gasteiger partial charge is 0.376 e. The number of para-hydroxylation sites is 2. The molecule has 1 aromatic carbocycles. The molecule has 2 heterocycles. The maximum atomic E-state index is 13.2. The van der Waals surface area contributed by atoms with Crippen LogP contribution in [0.4, 0.5) is 11.4 Å².